The summed E-state index contributed by atoms with van der Waals surface area (Å²) in [5.41, 5.74) is 0. The molecular formula is C15H16ClNO3S. The Kier molecular flexibility index (Phi) is 5.20. The summed E-state index contributed by atoms with van der Waals surface area (Å²) < 4.78 is 17.6. The second-order valence-corrected chi connectivity index (χ2v) is 6.73. The van der Waals surface area contributed by atoms with E-state index in [0.717, 1.165) is 0 Å². The van der Waals surface area contributed by atoms with E-state index in [-0.39, 0.29) is 23.5 Å². The molecule has 2 aromatic rings. The van der Waals surface area contributed by atoms with Crippen molar-refractivity contribution in [1.29, 1.82) is 0 Å². The molecule has 0 saturated heterocycles. The van der Waals surface area contributed by atoms with Crippen molar-refractivity contribution < 1.29 is 13.4 Å². The van der Waals surface area contributed by atoms with Gasteiger partial charge in [0.05, 0.1) is 16.6 Å². The van der Waals surface area contributed by atoms with Crippen LogP contribution in [0.2, 0.25) is 5.02 Å². The summed E-state index contributed by atoms with van der Waals surface area (Å²) in [6.45, 7) is 3.74. The first kappa shape index (κ1) is 15.8. The van der Waals surface area contributed by atoms with E-state index in [4.69, 9.17) is 16.0 Å². The zero-order valence-electron chi connectivity index (χ0n) is 11.8. The molecule has 1 amide bonds. The second-order valence-electron chi connectivity index (χ2n) is 4.84. The van der Waals surface area contributed by atoms with Gasteiger partial charge in [-0.3, -0.25) is 9.00 Å². The molecular weight excluding hydrogens is 310 g/mol. The molecule has 0 radical (unpaired) electrons. The lowest BCUT2D eigenvalue weighted by Crippen LogP contribution is -2.29. The topological polar surface area (TPSA) is 59.3 Å². The highest BCUT2D eigenvalue weighted by Crippen LogP contribution is 2.18. The van der Waals surface area contributed by atoms with Crippen molar-refractivity contribution in [3.8, 4) is 0 Å². The third-order valence-corrected chi connectivity index (χ3v) is 4.20. The zero-order valence-corrected chi connectivity index (χ0v) is 13.3. The Balaban J connectivity index is 2.05. The molecule has 1 heterocycles. The number of halogens is 1. The summed E-state index contributed by atoms with van der Waals surface area (Å²) in [5.74, 6) is 0.656. The molecule has 0 aliphatic heterocycles. The maximum absolute atomic E-state index is 12.2. The SMILES string of the molecule is CC(C)NC(=O)c1ccc(C[S@](=O)c2cccc(Cl)c2)o1. The van der Waals surface area contributed by atoms with Gasteiger partial charge in [0.15, 0.2) is 5.76 Å². The van der Waals surface area contributed by atoms with Gasteiger partial charge in [-0.05, 0) is 44.2 Å². The highest BCUT2D eigenvalue weighted by Gasteiger charge is 2.14. The minimum absolute atomic E-state index is 0.0339. The highest BCUT2D eigenvalue weighted by atomic mass is 35.5. The van der Waals surface area contributed by atoms with Crippen molar-refractivity contribution >= 4 is 28.3 Å². The summed E-state index contributed by atoms with van der Waals surface area (Å²) in [4.78, 5) is 12.4. The van der Waals surface area contributed by atoms with Gasteiger partial charge in [-0.15, -0.1) is 0 Å². The number of furan rings is 1. The highest BCUT2D eigenvalue weighted by molar-refractivity contribution is 7.84. The van der Waals surface area contributed by atoms with Gasteiger partial charge >= 0.3 is 0 Å². The van der Waals surface area contributed by atoms with Crippen molar-refractivity contribution in [3.63, 3.8) is 0 Å². The Labute approximate surface area is 130 Å². The van der Waals surface area contributed by atoms with E-state index in [1.165, 1.54) is 0 Å². The molecule has 1 aromatic heterocycles. The van der Waals surface area contributed by atoms with Crippen LogP contribution < -0.4 is 5.32 Å². The van der Waals surface area contributed by atoms with Crippen LogP contribution in [0.4, 0.5) is 0 Å². The molecule has 112 valence electrons. The lowest BCUT2D eigenvalue weighted by Gasteiger charge is -2.05. The maximum atomic E-state index is 12.2. The van der Waals surface area contributed by atoms with E-state index in [0.29, 0.717) is 15.7 Å². The first-order valence-corrected chi connectivity index (χ1v) is 8.19. The monoisotopic (exact) mass is 325 g/mol. The number of rotatable bonds is 5. The molecule has 0 saturated carbocycles. The van der Waals surface area contributed by atoms with Gasteiger partial charge in [-0.25, -0.2) is 0 Å². The number of carbonyl (C=O) groups excluding carboxylic acids is 1. The van der Waals surface area contributed by atoms with Gasteiger partial charge in [-0.2, -0.15) is 0 Å². The molecule has 1 aromatic carbocycles. The minimum atomic E-state index is -1.27. The fraction of sp³-hybridized carbons (Fsp3) is 0.267. The minimum Gasteiger partial charge on any atom is -0.455 e. The quantitative estimate of drug-likeness (QED) is 0.916. The second kappa shape index (κ2) is 6.91. The Morgan fingerprint density at radius 1 is 1.33 bits per heavy atom. The van der Waals surface area contributed by atoms with Gasteiger partial charge < -0.3 is 9.73 Å². The van der Waals surface area contributed by atoms with E-state index in [9.17, 15) is 9.00 Å². The molecule has 0 bridgehead atoms. The average molecular weight is 326 g/mol. The number of nitrogens with one attached hydrogen (secondary N) is 1. The van der Waals surface area contributed by atoms with Crippen LogP contribution in [0.5, 0.6) is 0 Å². The van der Waals surface area contributed by atoms with Gasteiger partial charge in [0.1, 0.15) is 5.76 Å². The normalized spacial score (nSPS) is 12.4. The van der Waals surface area contributed by atoms with Crippen molar-refractivity contribution in [2.45, 2.75) is 30.5 Å². The standard InChI is InChI=1S/C15H16ClNO3S/c1-10(2)17-15(18)14-7-6-12(20-14)9-21(19)13-5-3-4-11(16)8-13/h3-8,10H,9H2,1-2H3,(H,17,18)/t21-/m0/s1. The van der Waals surface area contributed by atoms with E-state index in [2.05, 4.69) is 5.32 Å². The lowest BCUT2D eigenvalue weighted by molar-refractivity contribution is 0.0913. The van der Waals surface area contributed by atoms with Crippen molar-refractivity contribution in [1.82, 2.24) is 5.32 Å². The summed E-state index contributed by atoms with van der Waals surface area (Å²) >= 11 is 5.88. The average Bonchev–Trinajstić information content (AvgIpc) is 2.86. The molecule has 1 atom stereocenters. The number of carbonyl (C=O) groups is 1. The molecule has 0 aliphatic rings. The van der Waals surface area contributed by atoms with E-state index < -0.39 is 10.8 Å². The van der Waals surface area contributed by atoms with Crippen molar-refractivity contribution in [2.75, 3.05) is 0 Å². The smallest absolute Gasteiger partial charge is 0.287 e. The molecule has 21 heavy (non-hydrogen) atoms. The Bertz CT molecular complexity index is 666. The molecule has 0 unspecified atom stereocenters. The van der Waals surface area contributed by atoms with Gasteiger partial charge in [-0.1, -0.05) is 17.7 Å². The van der Waals surface area contributed by atoms with Gasteiger partial charge in [0.25, 0.3) is 5.91 Å². The molecule has 0 aliphatic carbocycles. The number of hydrogen-bond donors (Lipinski definition) is 1. The van der Waals surface area contributed by atoms with E-state index in [1.54, 1.807) is 36.4 Å². The first-order valence-electron chi connectivity index (χ1n) is 6.49. The Morgan fingerprint density at radius 2 is 2.10 bits per heavy atom. The van der Waals surface area contributed by atoms with E-state index >= 15 is 0 Å². The van der Waals surface area contributed by atoms with Crippen LogP contribution in [0.25, 0.3) is 0 Å². The molecule has 1 N–H and O–H groups in total. The predicted octanol–water partition coefficient (Wildman–Crippen LogP) is 3.38. The molecule has 4 nitrogen and oxygen atoms in total. The van der Waals surface area contributed by atoms with Crippen LogP contribution in [0.15, 0.2) is 45.7 Å². The fourth-order valence-electron chi connectivity index (χ4n) is 1.73. The zero-order chi connectivity index (χ0) is 15.4. The van der Waals surface area contributed by atoms with Crippen LogP contribution in [0.1, 0.15) is 30.2 Å². The Hall–Kier alpha value is -1.59. The first-order chi connectivity index (χ1) is 9.95. The third-order valence-electron chi connectivity index (χ3n) is 2.64. The van der Waals surface area contributed by atoms with E-state index in [1.807, 2.05) is 13.8 Å². The molecule has 2 rings (SSSR count). The van der Waals surface area contributed by atoms with Crippen LogP contribution in [0, 0.1) is 0 Å². The van der Waals surface area contributed by atoms with Crippen molar-refractivity contribution in [3.05, 3.63) is 52.9 Å². The lowest BCUT2D eigenvalue weighted by atomic mass is 10.3. The molecule has 6 heteroatoms. The Morgan fingerprint density at radius 3 is 2.76 bits per heavy atom. The summed E-state index contributed by atoms with van der Waals surface area (Å²) in [6.07, 6.45) is 0. The maximum Gasteiger partial charge on any atom is 0.287 e. The molecule has 0 fully saturated rings. The summed E-state index contributed by atoms with van der Waals surface area (Å²) in [5, 5.41) is 3.28. The summed E-state index contributed by atoms with van der Waals surface area (Å²) in [6, 6.07) is 10.2. The van der Waals surface area contributed by atoms with Gasteiger partial charge in [0, 0.05) is 16.0 Å². The number of benzene rings is 1. The largest absolute Gasteiger partial charge is 0.455 e. The molecule has 0 spiro atoms. The number of hydrogen-bond acceptors (Lipinski definition) is 3. The predicted molar refractivity (Wildman–Crippen MR) is 82.9 cm³/mol. The van der Waals surface area contributed by atoms with Crippen LogP contribution >= 0.6 is 11.6 Å². The third kappa shape index (κ3) is 4.44. The van der Waals surface area contributed by atoms with Crippen LogP contribution in [-0.2, 0) is 16.6 Å². The van der Waals surface area contributed by atoms with Gasteiger partial charge in [0.2, 0.25) is 0 Å². The fourth-order valence-corrected chi connectivity index (χ4v) is 3.06. The van der Waals surface area contributed by atoms with Crippen LogP contribution in [-0.4, -0.2) is 16.2 Å². The van der Waals surface area contributed by atoms with Crippen LogP contribution in [0.3, 0.4) is 0 Å². The summed E-state index contributed by atoms with van der Waals surface area (Å²) in [7, 11) is -1.27. The number of amides is 1. The van der Waals surface area contributed by atoms with Crippen molar-refractivity contribution in [2.24, 2.45) is 0 Å².